The van der Waals surface area contributed by atoms with Gasteiger partial charge in [-0.2, -0.15) is 5.10 Å². The van der Waals surface area contributed by atoms with Crippen molar-refractivity contribution in [1.82, 2.24) is 15.2 Å². The molecule has 1 N–H and O–H groups in total. The number of carbonyl (C=O) groups excluding carboxylic acids is 1. The van der Waals surface area contributed by atoms with Gasteiger partial charge in [0.25, 0.3) is 0 Å². The zero-order valence-corrected chi connectivity index (χ0v) is 19.2. The molecule has 170 valence electrons. The van der Waals surface area contributed by atoms with E-state index >= 15 is 0 Å². The van der Waals surface area contributed by atoms with E-state index in [9.17, 15) is 4.79 Å². The van der Waals surface area contributed by atoms with E-state index in [0.29, 0.717) is 51.7 Å². The van der Waals surface area contributed by atoms with E-state index in [-0.39, 0.29) is 5.91 Å². The van der Waals surface area contributed by atoms with Crippen LogP contribution in [0.15, 0.2) is 41.5 Å². The van der Waals surface area contributed by atoms with Crippen LogP contribution < -0.4 is 14.2 Å². The van der Waals surface area contributed by atoms with Crippen LogP contribution in [0.1, 0.15) is 17.5 Å². The number of hydrazone groups is 1. The van der Waals surface area contributed by atoms with Gasteiger partial charge in [0.2, 0.25) is 5.91 Å². The Labute approximate surface area is 193 Å². The number of morpholine rings is 1. The molecule has 0 bridgehead atoms. The van der Waals surface area contributed by atoms with E-state index in [1.165, 1.54) is 0 Å². The first kappa shape index (κ1) is 22.3. The van der Waals surface area contributed by atoms with Crippen molar-refractivity contribution in [1.29, 1.82) is 0 Å². The smallest absolute Gasteiger partial charge is 0.224 e. The Kier molecular flexibility index (Phi) is 7.06. The predicted octanol–water partition coefficient (Wildman–Crippen LogP) is 2.67. The van der Waals surface area contributed by atoms with Gasteiger partial charge < -0.3 is 23.9 Å². The van der Waals surface area contributed by atoms with Gasteiger partial charge in [-0.1, -0.05) is 18.2 Å². The Morgan fingerprint density at radius 2 is 1.94 bits per heavy atom. The second kappa shape index (κ2) is 10.1. The molecular weight excluding hydrogens is 428 g/mol. The number of thiol groups is 1. The molecule has 2 aliphatic heterocycles. The minimum absolute atomic E-state index is 0.136. The van der Waals surface area contributed by atoms with E-state index in [2.05, 4.69) is 18.2 Å². The Balaban J connectivity index is 1.54. The van der Waals surface area contributed by atoms with Crippen LogP contribution in [-0.4, -0.2) is 68.3 Å². The summed E-state index contributed by atoms with van der Waals surface area (Å²) in [5.74, 6) is 2.27. The monoisotopic (exact) mass is 456 g/mol. The van der Waals surface area contributed by atoms with E-state index in [0.717, 1.165) is 33.8 Å². The molecule has 4 rings (SSSR count). The quantitative estimate of drug-likeness (QED) is 0.493. The summed E-state index contributed by atoms with van der Waals surface area (Å²) in [4.78, 5) is 14.3. The molecule has 1 amide bonds. The normalized spacial score (nSPS) is 15.9. The number of benzene rings is 2. The summed E-state index contributed by atoms with van der Waals surface area (Å²) in [6.07, 6.45) is 0.420. The third-order valence-electron chi connectivity index (χ3n) is 5.76. The van der Waals surface area contributed by atoms with Crippen molar-refractivity contribution < 1.29 is 18.5 Å². The number of nitrogens with one attached hydrogen (secondary N) is 1. The summed E-state index contributed by atoms with van der Waals surface area (Å²) in [5.41, 5.74) is 3.91. The molecule has 2 aliphatic rings. The number of nitrogens with zero attached hydrogens (tertiary/aromatic N) is 3. The van der Waals surface area contributed by atoms with E-state index in [1.54, 1.807) is 7.11 Å². The lowest BCUT2D eigenvalue weighted by Gasteiger charge is -2.27. The lowest BCUT2D eigenvalue weighted by atomic mass is 9.94. The molecule has 9 heteroatoms. The number of carbonyl (C=O) groups is 1. The molecule has 2 aromatic carbocycles. The van der Waals surface area contributed by atoms with Gasteiger partial charge in [-0.3, -0.25) is 9.80 Å². The van der Waals surface area contributed by atoms with Crippen molar-refractivity contribution in [2.45, 2.75) is 13.3 Å². The van der Waals surface area contributed by atoms with Crippen LogP contribution in [0.2, 0.25) is 0 Å². The van der Waals surface area contributed by atoms with Gasteiger partial charge in [-0.15, -0.1) is 0 Å². The van der Waals surface area contributed by atoms with Gasteiger partial charge in [-0.05, 0) is 36.2 Å². The predicted molar refractivity (Wildman–Crippen MR) is 126 cm³/mol. The standard InChI is InChI=1S/C23H28N4O4S/c1-16-19(18-5-3-4-6-21(18)29-2)13-17(31-32)14-20(16)23-24-15-27(25-23)8-7-22(28)26-9-11-30-12-10-26/h3-6,13-14,32H,7-12,15H2,1-2H3,(H,24,25). The van der Waals surface area contributed by atoms with Crippen LogP contribution >= 0.6 is 12.9 Å². The Morgan fingerprint density at radius 1 is 1.19 bits per heavy atom. The van der Waals surface area contributed by atoms with Crippen LogP contribution in [-0.2, 0) is 9.53 Å². The molecule has 8 nitrogen and oxygen atoms in total. The molecule has 1 fully saturated rings. The van der Waals surface area contributed by atoms with Gasteiger partial charge in [0.15, 0.2) is 5.84 Å². The van der Waals surface area contributed by atoms with Gasteiger partial charge in [0.05, 0.1) is 20.3 Å². The summed E-state index contributed by atoms with van der Waals surface area (Å²) < 4.78 is 16.1. The minimum Gasteiger partial charge on any atom is -0.496 e. The molecule has 0 atom stereocenters. The number of amidine groups is 1. The number of amides is 1. The molecule has 0 saturated carbocycles. The fourth-order valence-corrected chi connectivity index (χ4v) is 4.09. The number of hydrogen-bond acceptors (Lipinski definition) is 8. The van der Waals surface area contributed by atoms with Gasteiger partial charge in [0, 0.05) is 50.1 Å². The molecular formula is C23H28N4O4S. The highest BCUT2D eigenvalue weighted by atomic mass is 32.1. The average molecular weight is 457 g/mol. The van der Waals surface area contributed by atoms with E-state index in [4.69, 9.17) is 18.8 Å². The van der Waals surface area contributed by atoms with Crippen molar-refractivity contribution in [3.63, 3.8) is 0 Å². The molecule has 2 aromatic rings. The molecule has 0 radical (unpaired) electrons. The fourth-order valence-electron chi connectivity index (χ4n) is 3.99. The maximum Gasteiger partial charge on any atom is 0.224 e. The average Bonchev–Trinajstić information content (AvgIpc) is 3.32. The Hall–Kier alpha value is -2.91. The molecule has 0 aromatic heterocycles. The summed E-state index contributed by atoms with van der Waals surface area (Å²) >= 11 is 4.01. The Bertz CT molecular complexity index is 1010. The largest absolute Gasteiger partial charge is 0.496 e. The highest BCUT2D eigenvalue weighted by molar-refractivity contribution is 7.75. The second-order valence-corrected chi connectivity index (χ2v) is 7.87. The maximum atomic E-state index is 12.4. The summed E-state index contributed by atoms with van der Waals surface area (Å²) in [6.45, 7) is 5.68. The molecule has 0 unspecified atom stereocenters. The number of hydrogen-bond donors (Lipinski definition) is 2. The lowest BCUT2D eigenvalue weighted by molar-refractivity contribution is -0.135. The second-order valence-electron chi connectivity index (χ2n) is 7.69. The molecule has 0 spiro atoms. The van der Waals surface area contributed by atoms with Gasteiger partial charge >= 0.3 is 0 Å². The topological polar surface area (TPSA) is 75.6 Å². The van der Waals surface area contributed by atoms with Gasteiger partial charge in [0.1, 0.15) is 18.2 Å². The zero-order chi connectivity index (χ0) is 22.5. The van der Waals surface area contributed by atoms with Crippen LogP contribution in [0.25, 0.3) is 11.1 Å². The Morgan fingerprint density at radius 3 is 2.69 bits per heavy atom. The third-order valence-corrected chi connectivity index (χ3v) is 5.97. The molecule has 32 heavy (non-hydrogen) atoms. The molecule has 1 saturated heterocycles. The van der Waals surface area contributed by atoms with Crippen molar-refractivity contribution in [2.24, 2.45) is 5.10 Å². The highest BCUT2D eigenvalue weighted by Crippen LogP contribution is 2.36. The van der Waals surface area contributed by atoms with Gasteiger partial charge in [-0.25, -0.2) is 0 Å². The van der Waals surface area contributed by atoms with Crippen molar-refractivity contribution in [3.05, 3.63) is 47.5 Å². The first-order valence-electron chi connectivity index (χ1n) is 10.6. The van der Waals surface area contributed by atoms with Crippen LogP contribution in [0.5, 0.6) is 11.5 Å². The summed E-state index contributed by atoms with van der Waals surface area (Å²) in [6, 6.07) is 11.7. The first-order chi connectivity index (χ1) is 15.6. The highest BCUT2D eigenvalue weighted by Gasteiger charge is 2.23. The first-order valence-corrected chi connectivity index (χ1v) is 11.0. The maximum absolute atomic E-state index is 12.4. The minimum atomic E-state index is 0.136. The molecule has 2 heterocycles. The van der Waals surface area contributed by atoms with Crippen molar-refractivity contribution in [2.75, 3.05) is 46.6 Å². The number of methoxy groups -OCH3 is 1. The van der Waals surface area contributed by atoms with E-state index < -0.39 is 0 Å². The number of para-hydroxylation sites is 1. The lowest BCUT2D eigenvalue weighted by Crippen LogP contribution is -2.41. The van der Waals surface area contributed by atoms with Crippen LogP contribution in [0, 0.1) is 6.92 Å². The van der Waals surface area contributed by atoms with E-state index in [1.807, 2.05) is 53.2 Å². The summed E-state index contributed by atoms with van der Waals surface area (Å²) in [5, 5.41) is 9.94. The zero-order valence-electron chi connectivity index (χ0n) is 18.3. The molecule has 0 aliphatic carbocycles. The number of ether oxygens (including phenoxy) is 2. The number of rotatable bonds is 7. The van der Waals surface area contributed by atoms with Crippen LogP contribution in [0.3, 0.4) is 0 Å². The van der Waals surface area contributed by atoms with Crippen molar-refractivity contribution in [3.8, 4) is 22.6 Å². The summed E-state index contributed by atoms with van der Waals surface area (Å²) in [7, 11) is 1.66. The SMILES string of the molecule is COc1ccccc1-c1cc(OS)cc(C2=NN(CCC(=O)N3CCOCC3)CN2)c1C. The fraction of sp³-hybridized carbons (Fsp3) is 0.391. The van der Waals surface area contributed by atoms with Crippen LogP contribution in [0.4, 0.5) is 0 Å². The third kappa shape index (κ3) is 4.78. The van der Waals surface area contributed by atoms with Crippen molar-refractivity contribution >= 4 is 24.7 Å².